The minimum absolute atomic E-state index is 0.0284. The van der Waals surface area contributed by atoms with E-state index in [9.17, 15) is 9.59 Å². The van der Waals surface area contributed by atoms with Gasteiger partial charge in [0.15, 0.2) is 17.7 Å². The van der Waals surface area contributed by atoms with Crippen molar-refractivity contribution in [3.05, 3.63) is 29.5 Å². The lowest BCUT2D eigenvalue weighted by Gasteiger charge is -2.23. The minimum atomic E-state index is -0.556. The molecule has 0 aliphatic carbocycles. The van der Waals surface area contributed by atoms with Crippen LogP contribution in [0.25, 0.3) is 0 Å². The van der Waals surface area contributed by atoms with Crippen molar-refractivity contribution in [2.75, 3.05) is 11.1 Å². The highest BCUT2D eigenvalue weighted by Crippen LogP contribution is 2.30. The second-order valence-corrected chi connectivity index (χ2v) is 4.66. The van der Waals surface area contributed by atoms with Crippen molar-refractivity contribution in [1.29, 1.82) is 0 Å². The van der Waals surface area contributed by atoms with Crippen LogP contribution in [-0.2, 0) is 11.2 Å². The Morgan fingerprint density at radius 3 is 2.95 bits per heavy atom. The number of Topliss-reactive ketones (excluding diaryl/α,β-unsaturated/α-hetero) is 1. The van der Waals surface area contributed by atoms with Gasteiger partial charge in [0.1, 0.15) is 11.4 Å². The third kappa shape index (κ3) is 2.42. The number of aromatic nitrogens is 2. The molecule has 3 N–H and O–H groups in total. The predicted octanol–water partition coefficient (Wildman–Crippen LogP) is 0.797. The molecular formula is C13H12N4O4. The van der Waals surface area contributed by atoms with Gasteiger partial charge in [-0.3, -0.25) is 9.59 Å². The highest BCUT2D eigenvalue weighted by Gasteiger charge is 2.24. The number of carbonyl (C=O) groups excluding carboxylic acids is 2. The molecule has 1 aromatic carbocycles. The standard InChI is InChI=1S/C13H12N4O4/c1-6-13(19)15-8-4-7(2-3-11(8)20-6)10(18)5-9-12(14)17-21-16-9/h2-4,6H,5H2,1H3,(H2,14,17)(H,15,19). The summed E-state index contributed by atoms with van der Waals surface area (Å²) in [4.78, 5) is 23.7. The van der Waals surface area contributed by atoms with Crippen LogP contribution in [0.5, 0.6) is 5.75 Å². The van der Waals surface area contributed by atoms with Gasteiger partial charge in [-0.1, -0.05) is 5.16 Å². The molecule has 3 rings (SSSR count). The maximum absolute atomic E-state index is 12.2. The smallest absolute Gasteiger partial charge is 0.265 e. The Balaban J connectivity index is 1.84. The molecule has 0 bridgehead atoms. The maximum atomic E-state index is 12.2. The maximum Gasteiger partial charge on any atom is 0.265 e. The van der Waals surface area contributed by atoms with Crippen LogP contribution in [0.15, 0.2) is 22.8 Å². The molecule has 2 aromatic rings. The molecule has 1 unspecified atom stereocenters. The second-order valence-electron chi connectivity index (χ2n) is 4.66. The number of hydrogen-bond acceptors (Lipinski definition) is 7. The highest BCUT2D eigenvalue weighted by atomic mass is 16.6. The fourth-order valence-corrected chi connectivity index (χ4v) is 1.97. The molecule has 0 radical (unpaired) electrons. The van der Waals surface area contributed by atoms with Crippen LogP contribution in [0.2, 0.25) is 0 Å². The Morgan fingerprint density at radius 1 is 1.43 bits per heavy atom. The largest absolute Gasteiger partial charge is 0.479 e. The summed E-state index contributed by atoms with van der Waals surface area (Å²) in [6, 6.07) is 4.82. The van der Waals surface area contributed by atoms with Gasteiger partial charge in [-0.15, -0.1) is 0 Å². The van der Waals surface area contributed by atoms with Crippen LogP contribution in [0, 0.1) is 0 Å². The zero-order valence-corrected chi connectivity index (χ0v) is 11.1. The number of amides is 1. The molecule has 8 heteroatoms. The molecule has 1 aliphatic heterocycles. The van der Waals surface area contributed by atoms with Crippen molar-refractivity contribution in [2.45, 2.75) is 19.4 Å². The van der Waals surface area contributed by atoms with E-state index in [4.69, 9.17) is 10.5 Å². The van der Waals surface area contributed by atoms with E-state index in [1.54, 1.807) is 25.1 Å². The summed E-state index contributed by atoms with van der Waals surface area (Å²) >= 11 is 0. The monoisotopic (exact) mass is 288 g/mol. The van der Waals surface area contributed by atoms with Gasteiger partial charge in [0.25, 0.3) is 5.91 Å². The van der Waals surface area contributed by atoms with Crippen molar-refractivity contribution >= 4 is 23.2 Å². The van der Waals surface area contributed by atoms with Gasteiger partial charge in [0, 0.05) is 5.56 Å². The van der Waals surface area contributed by atoms with Crippen LogP contribution < -0.4 is 15.8 Å². The summed E-state index contributed by atoms with van der Waals surface area (Å²) in [5, 5.41) is 9.67. The van der Waals surface area contributed by atoms with E-state index >= 15 is 0 Å². The Bertz CT molecular complexity index is 725. The minimum Gasteiger partial charge on any atom is -0.479 e. The molecule has 2 heterocycles. The number of nitrogen functional groups attached to an aromatic ring is 1. The average Bonchev–Trinajstić information content (AvgIpc) is 2.85. The van der Waals surface area contributed by atoms with Gasteiger partial charge in [0.05, 0.1) is 12.1 Å². The van der Waals surface area contributed by atoms with Gasteiger partial charge < -0.3 is 15.8 Å². The lowest BCUT2D eigenvalue weighted by atomic mass is 10.0. The summed E-state index contributed by atoms with van der Waals surface area (Å²) in [6.45, 7) is 1.65. The number of nitrogens with zero attached hydrogens (tertiary/aromatic N) is 2. The lowest BCUT2D eigenvalue weighted by Crippen LogP contribution is -2.34. The van der Waals surface area contributed by atoms with Gasteiger partial charge in [-0.25, -0.2) is 4.63 Å². The fraction of sp³-hybridized carbons (Fsp3) is 0.231. The first-order valence-electron chi connectivity index (χ1n) is 6.26. The summed E-state index contributed by atoms with van der Waals surface area (Å²) < 4.78 is 9.87. The molecule has 1 atom stereocenters. The number of fused-ring (bicyclic) bond motifs is 1. The molecule has 1 aliphatic rings. The van der Waals surface area contributed by atoms with E-state index in [0.29, 0.717) is 17.0 Å². The number of hydrogen-bond donors (Lipinski definition) is 2. The average molecular weight is 288 g/mol. The topological polar surface area (TPSA) is 120 Å². The summed E-state index contributed by atoms with van der Waals surface area (Å²) in [5.74, 6) is 0.151. The second kappa shape index (κ2) is 4.89. The van der Waals surface area contributed by atoms with E-state index in [2.05, 4.69) is 20.3 Å². The first-order chi connectivity index (χ1) is 10.0. The SMILES string of the molecule is CC1Oc2ccc(C(=O)Cc3nonc3N)cc2NC1=O. The number of ether oxygens (including phenoxy) is 1. The Labute approximate surface area is 119 Å². The molecule has 8 nitrogen and oxygen atoms in total. The number of nitrogens with one attached hydrogen (secondary N) is 1. The number of carbonyl (C=O) groups is 2. The molecule has 0 saturated heterocycles. The van der Waals surface area contributed by atoms with Crippen LogP contribution >= 0.6 is 0 Å². The normalized spacial score (nSPS) is 16.8. The third-order valence-corrected chi connectivity index (χ3v) is 3.15. The molecule has 1 aromatic heterocycles. The number of nitrogens with two attached hydrogens (primary N) is 1. The number of ketones is 1. The number of benzene rings is 1. The Morgan fingerprint density at radius 2 is 2.24 bits per heavy atom. The number of anilines is 2. The van der Waals surface area contributed by atoms with Crippen LogP contribution in [0.1, 0.15) is 23.0 Å². The first kappa shape index (κ1) is 13.1. The Hall–Kier alpha value is -2.90. The van der Waals surface area contributed by atoms with Crippen molar-refractivity contribution in [3.8, 4) is 5.75 Å². The van der Waals surface area contributed by atoms with E-state index in [1.165, 1.54) is 0 Å². The van der Waals surface area contributed by atoms with Crippen LogP contribution in [0.3, 0.4) is 0 Å². The molecule has 108 valence electrons. The lowest BCUT2D eigenvalue weighted by molar-refractivity contribution is -0.122. The van der Waals surface area contributed by atoms with Gasteiger partial charge in [-0.05, 0) is 30.3 Å². The highest BCUT2D eigenvalue weighted by molar-refractivity contribution is 6.02. The summed E-state index contributed by atoms with van der Waals surface area (Å²) in [5.41, 5.74) is 6.68. The summed E-state index contributed by atoms with van der Waals surface area (Å²) in [6.07, 6.45) is -0.584. The quantitative estimate of drug-likeness (QED) is 0.801. The third-order valence-electron chi connectivity index (χ3n) is 3.15. The van der Waals surface area contributed by atoms with Gasteiger partial charge in [0.2, 0.25) is 0 Å². The molecule has 21 heavy (non-hydrogen) atoms. The zero-order valence-electron chi connectivity index (χ0n) is 11.1. The Kier molecular flexibility index (Phi) is 3.05. The van der Waals surface area contributed by atoms with E-state index in [1.807, 2.05) is 0 Å². The first-order valence-corrected chi connectivity index (χ1v) is 6.26. The number of rotatable bonds is 3. The van der Waals surface area contributed by atoms with Gasteiger partial charge >= 0.3 is 0 Å². The zero-order chi connectivity index (χ0) is 15.0. The van der Waals surface area contributed by atoms with Crippen LogP contribution in [0.4, 0.5) is 11.5 Å². The molecule has 0 fully saturated rings. The van der Waals surface area contributed by atoms with Gasteiger partial charge in [-0.2, -0.15) is 0 Å². The van der Waals surface area contributed by atoms with Crippen molar-refractivity contribution < 1.29 is 19.0 Å². The van der Waals surface area contributed by atoms with Crippen molar-refractivity contribution in [3.63, 3.8) is 0 Å². The summed E-state index contributed by atoms with van der Waals surface area (Å²) in [7, 11) is 0. The van der Waals surface area contributed by atoms with Crippen LogP contribution in [-0.4, -0.2) is 28.1 Å². The van der Waals surface area contributed by atoms with E-state index in [-0.39, 0.29) is 29.6 Å². The molecule has 1 amide bonds. The van der Waals surface area contributed by atoms with Crippen molar-refractivity contribution in [2.24, 2.45) is 0 Å². The van der Waals surface area contributed by atoms with E-state index in [0.717, 1.165) is 0 Å². The predicted molar refractivity (Wildman–Crippen MR) is 71.9 cm³/mol. The van der Waals surface area contributed by atoms with Crippen molar-refractivity contribution in [1.82, 2.24) is 10.3 Å². The molecular weight excluding hydrogens is 276 g/mol. The fourth-order valence-electron chi connectivity index (χ4n) is 1.97. The molecule has 0 saturated carbocycles. The van der Waals surface area contributed by atoms with E-state index < -0.39 is 6.10 Å². The molecule has 0 spiro atoms.